The number of carboxylic acids is 2. The maximum absolute atomic E-state index is 13.3. The molecule has 1 heterocycles. The van der Waals surface area contributed by atoms with E-state index in [9.17, 15) is 34.2 Å². The van der Waals surface area contributed by atoms with Crippen molar-refractivity contribution in [3.8, 4) is 5.75 Å². The summed E-state index contributed by atoms with van der Waals surface area (Å²) in [4.78, 5) is 61.8. The van der Waals surface area contributed by atoms with Gasteiger partial charge in [-0.05, 0) is 69.3 Å². The van der Waals surface area contributed by atoms with Crippen LogP contribution < -0.4 is 27.0 Å². The van der Waals surface area contributed by atoms with Crippen molar-refractivity contribution in [2.24, 2.45) is 5.73 Å². The van der Waals surface area contributed by atoms with Crippen LogP contribution in [-0.2, 0) is 30.4 Å². The molecule has 4 atom stereocenters. The molecular formula is C25H37N5O8. The van der Waals surface area contributed by atoms with E-state index in [4.69, 9.17) is 10.8 Å². The van der Waals surface area contributed by atoms with Crippen LogP contribution in [0.2, 0.25) is 0 Å². The summed E-state index contributed by atoms with van der Waals surface area (Å²) in [7, 11) is 0. The third-order valence-corrected chi connectivity index (χ3v) is 6.23. The first kappa shape index (κ1) is 30.5. The molecule has 0 saturated carbocycles. The maximum atomic E-state index is 13.3. The molecule has 1 aliphatic heterocycles. The fourth-order valence-electron chi connectivity index (χ4n) is 4.09. The summed E-state index contributed by atoms with van der Waals surface area (Å²) in [5.74, 6) is -4.40. The number of carbonyl (C=O) groups is 5. The normalized spacial score (nSPS) is 17.1. The number of hydrogen-bond acceptors (Lipinski definition) is 8. The number of nitrogens with two attached hydrogens (primary N) is 1. The number of carbonyl (C=O) groups excluding carboxylic acids is 3. The number of nitrogens with one attached hydrogen (secondary N) is 4. The molecule has 1 fully saturated rings. The van der Waals surface area contributed by atoms with Gasteiger partial charge >= 0.3 is 11.9 Å². The lowest BCUT2D eigenvalue weighted by atomic mass is 10.0. The Balaban J connectivity index is 2.19. The van der Waals surface area contributed by atoms with Crippen LogP contribution in [0.3, 0.4) is 0 Å². The molecule has 13 heteroatoms. The topological polar surface area (TPSA) is 220 Å². The van der Waals surface area contributed by atoms with Gasteiger partial charge in [-0.3, -0.25) is 19.2 Å². The third kappa shape index (κ3) is 10.3. The summed E-state index contributed by atoms with van der Waals surface area (Å²) in [5.41, 5.74) is 6.07. The predicted octanol–water partition coefficient (Wildman–Crippen LogP) is -0.780. The Bertz CT molecular complexity index is 965. The molecule has 0 aliphatic carbocycles. The SMILES string of the molecule is NCCCCC(NC(=O)C(CCC(=O)O)NC(=O)C(Cc1ccc(O)cc1)NC(=O)C1CCCN1)C(=O)O. The molecule has 38 heavy (non-hydrogen) atoms. The molecular weight excluding hydrogens is 498 g/mol. The first-order chi connectivity index (χ1) is 18.1. The van der Waals surface area contributed by atoms with Gasteiger partial charge in [-0.1, -0.05) is 12.1 Å². The van der Waals surface area contributed by atoms with Gasteiger partial charge in [0.1, 0.15) is 23.9 Å². The molecule has 4 unspecified atom stereocenters. The molecule has 0 aromatic heterocycles. The Morgan fingerprint density at radius 2 is 1.58 bits per heavy atom. The van der Waals surface area contributed by atoms with Crippen LogP contribution in [0.5, 0.6) is 5.75 Å². The summed E-state index contributed by atoms with van der Waals surface area (Å²) in [5, 5.41) is 38.8. The van der Waals surface area contributed by atoms with Crippen LogP contribution in [0.25, 0.3) is 0 Å². The lowest BCUT2D eigenvalue weighted by Crippen LogP contribution is -2.57. The van der Waals surface area contributed by atoms with E-state index in [1.807, 2.05) is 0 Å². The largest absolute Gasteiger partial charge is 0.508 e. The number of benzene rings is 1. The molecule has 13 nitrogen and oxygen atoms in total. The molecule has 2 rings (SSSR count). The van der Waals surface area contributed by atoms with Crippen molar-refractivity contribution in [1.29, 1.82) is 0 Å². The first-order valence-corrected chi connectivity index (χ1v) is 12.7. The fraction of sp³-hybridized carbons (Fsp3) is 0.560. The number of unbranched alkanes of at least 4 members (excludes halogenated alkanes) is 1. The van der Waals surface area contributed by atoms with Gasteiger partial charge < -0.3 is 42.3 Å². The van der Waals surface area contributed by atoms with Crippen molar-refractivity contribution in [3.63, 3.8) is 0 Å². The van der Waals surface area contributed by atoms with E-state index in [2.05, 4.69) is 21.3 Å². The quantitative estimate of drug-likeness (QED) is 0.123. The van der Waals surface area contributed by atoms with Crippen LogP contribution in [0, 0.1) is 0 Å². The highest BCUT2D eigenvalue weighted by Crippen LogP contribution is 2.13. The smallest absolute Gasteiger partial charge is 0.326 e. The molecule has 0 spiro atoms. The molecule has 1 aliphatic rings. The number of amides is 3. The van der Waals surface area contributed by atoms with Gasteiger partial charge in [-0.2, -0.15) is 0 Å². The Morgan fingerprint density at radius 1 is 0.921 bits per heavy atom. The average Bonchev–Trinajstić information content (AvgIpc) is 3.41. The van der Waals surface area contributed by atoms with Crippen LogP contribution in [0.4, 0.5) is 0 Å². The number of aliphatic carboxylic acids is 2. The zero-order valence-corrected chi connectivity index (χ0v) is 21.2. The zero-order chi connectivity index (χ0) is 28.1. The summed E-state index contributed by atoms with van der Waals surface area (Å²) >= 11 is 0. The van der Waals surface area contributed by atoms with Crippen molar-refractivity contribution in [2.75, 3.05) is 13.1 Å². The number of hydrogen-bond donors (Lipinski definition) is 8. The van der Waals surface area contributed by atoms with Crippen LogP contribution in [-0.4, -0.2) is 82.2 Å². The van der Waals surface area contributed by atoms with Crippen LogP contribution >= 0.6 is 0 Å². The van der Waals surface area contributed by atoms with Gasteiger partial charge in [-0.15, -0.1) is 0 Å². The summed E-state index contributed by atoms with van der Waals surface area (Å²) < 4.78 is 0. The predicted molar refractivity (Wildman–Crippen MR) is 136 cm³/mol. The minimum Gasteiger partial charge on any atom is -0.508 e. The molecule has 1 aromatic carbocycles. The van der Waals surface area contributed by atoms with Crippen LogP contribution in [0.1, 0.15) is 50.5 Å². The third-order valence-electron chi connectivity index (χ3n) is 6.23. The highest BCUT2D eigenvalue weighted by atomic mass is 16.4. The average molecular weight is 536 g/mol. The van der Waals surface area contributed by atoms with Gasteiger partial charge in [0.05, 0.1) is 6.04 Å². The summed E-state index contributed by atoms with van der Waals surface area (Å²) in [6, 6.07) is 1.87. The van der Waals surface area contributed by atoms with Crippen LogP contribution in [0.15, 0.2) is 24.3 Å². The fourth-order valence-corrected chi connectivity index (χ4v) is 4.09. The van der Waals surface area contributed by atoms with E-state index >= 15 is 0 Å². The number of rotatable bonds is 16. The lowest BCUT2D eigenvalue weighted by Gasteiger charge is -2.25. The van der Waals surface area contributed by atoms with Gasteiger partial charge in [0.25, 0.3) is 0 Å². The van der Waals surface area contributed by atoms with Gasteiger partial charge in [0, 0.05) is 12.8 Å². The number of phenolic OH excluding ortho intramolecular Hbond substituents is 1. The van der Waals surface area contributed by atoms with Crippen molar-refractivity contribution in [1.82, 2.24) is 21.3 Å². The first-order valence-electron chi connectivity index (χ1n) is 12.7. The van der Waals surface area contributed by atoms with Crippen molar-refractivity contribution >= 4 is 29.7 Å². The molecule has 210 valence electrons. The number of phenols is 1. The van der Waals surface area contributed by atoms with Gasteiger partial charge in [-0.25, -0.2) is 4.79 Å². The number of aromatic hydroxyl groups is 1. The molecule has 3 amide bonds. The minimum absolute atomic E-state index is 0.0267. The monoisotopic (exact) mass is 535 g/mol. The second-order valence-corrected chi connectivity index (χ2v) is 9.26. The Hall–Kier alpha value is -3.71. The second-order valence-electron chi connectivity index (χ2n) is 9.26. The van der Waals surface area contributed by atoms with E-state index in [0.717, 1.165) is 6.42 Å². The molecule has 0 bridgehead atoms. The molecule has 1 saturated heterocycles. The van der Waals surface area contributed by atoms with Crippen molar-refractivity contribution < 1.29 is 39.3 Å². The highest BCUT2D eigenvalue weighted by Gasteiger charge is 2.31. The Labute approximate surface area is 220 Å². The van der Waals surface area contributed by atoms with E-state index in [-0.39, 0.29) is 30.9 Å². The molecule has 9 N–H and O–H groups in total. The van der Waals surface area contributed by atoms with Gasteiger partial charge in [0.15, 0.2) is 0 Å². The van der Waals surface area contributed by atoms with E-state index in [1.54, 1.807) is 12.1 Å². The van der Waals surface area contributed by atoms with Crippen molar-refractivity contribution in [2.45, 2.75) is 75.5 Å². The molecule has 1 aromatic rings. The summed E-state index contributed by atoms with van der Waals surface area (Å²) in [6.45, 7) is 1.03. The Kier molecular flexibility index (Phi) is 12.5. The van der Waals surface area contributed by atoms with E-state index in [1.165, 1.54) is 12.1 Å². The second kappa shape index (κ2) is 15.5. The standard InChI is InChI=1S/C25H37N5O8/c26-12-2-1-4-19(25(37)38)29-23(35)18(10-11-21(32)33)28-24(36)20(14-15-6-8-16(31)9-7-15)30-22(34)17-5-3-13-27-17/h6-9,17-20,27,31H,1-5,10-14,26H2,(H,28,36)(H,29,35)(H,30,34)(H,32,33)(H,37,38). The lowest BCUT2D eigenvalue weighted by molar-refractivity contribution is -0.143. The van der Waals surface area contributed by atoms with E-state index < -0.39 is 54.3 Å². The highest BCUT2D eigenvalue weighted by molar-refractivity contribution is 5.94. The summed E-state index contributed by atoms with van der Waals surface area (Å²) in [6.07, 6.45) is 1.84. The van der Waals surface area contributed by atoms with Crippen molar-refractivity contribution in [3.05, 3.63) is 29.8 Å². The van der Waals surface area contributed by atoms with Gasteiger partial charge in [0.2, 0.25) is 17.7 Å². The maximum Gasteiger partial charge on any atom is 0.326 e. The molecule has 0 radical (unpaired) electrons. The minimum atomic E-state index is -1.35. The Morgan fingerprint density at radius 3 is 2.16 bits per heavy atom. The zero-order valence-electron chi connectivity index (χ0n) is 21.2. The number of carboxylic acid groups (broad SMARTS) is 2. The van der Waals surface area contributed by atoms with E-state index in [0.29, 0.717) is 37.9 Å².